The molecule has 2 rings (SSSR count). The molecular weight excluding hydrogens is 266 g/mol. The second-order valence-electron chi connectivity index (χ2n) is 5.22. The Morgan fingerprint density at radius 2 is 1.86 bits per heavy atom. The number of aliphatic hydroxyl groups excluding tert-OH is 1. The van der Waals surface area contributed by atoms with Gasteiger partial charge in [-0.2, -0.15) is 0 Å². The zero-order valence-corrected chi connectivity index (χ0v) is 11.9. The number of rotatable bonds is 5. The number of anilines is 1. The minimum absolute atomic E-state index is 0.0413. The number of aliphatic hydroxyl groups is 2. The van der Waals surface area contributed by atoms with Crippen molar-refractivity contribution in [3.8, 4) is 0 Å². The van der Waals surface area contributed by atoms with E-state index in [1.54, 1.807) is 43.3 Å². The molecule has 3 N–H and O–H groups in total. The molecule has 0 fully saturated rings. The molecule has 0 radical (unpaired) electrons. The molecular formula is C17H19NO3. The van der Waals surface area contributed by atoms with Crippen molar-refractivity contribution in [1.29, 1.82) is 0 Å². The molecule has 1 unspecified atom stereocenters. The first-order chi connectivity index (χ1) is 10.0. The van der Waals surface area contributed by atoms with E-state index in [2.05, 4.69) is 5.32 Å². The predicted molar refractivity (Wildman–Crippen MR) is 81.6 cm³/mol. The number of hydrogen-bond acceptors (Lipinski definition) is 3. The van der Waals surface area contributed by atoms with Crippen LogP contribution in [0.5, 0.6) is 0 Å². The van der Waals surface area contributed by atoms with Crippen LogP contribution in [0.15, 0.2) is 54.6 Å². The summed E-state index contributed by atoms with van der Waals surface area (Å²) in [5, 5.41) is 22.2. The summed E-state index contributed by atoms with van der Waals surface area (Å²) in [6.45, 7) is 1.54. The molecule has 110 valence electrons. The molecule has 2 aromatic rings. The summed E-state index contributed by atoms with van der Waals surface area (Å²) in [4.78, 5) is 12.1. The average Bonchev–Trinajstić information content (AvgIpc) is 2.47. The van der Waals surface area contributed by atoms with E-state index in [0.29, 0.717) is 11.3 Å². The summed E-state index contributed by atoms with van der Waals surface area (Å²) in [6, 6.07) is 16.1. The van der Waals surface area contributed by atoms with Gasteiger partial charge in [-0.1, -0.05) is 42.5 Å². The Balaban J connectivity index is 2.04. The molecule has 0 aliphatic rings. The average molecular weight is 285 g/mol. The number of amides is 1. The Kier molecular flexibility index (Phi) is 4.73. The van der Waals surface area contributed by atoms with Gasteiger partial charge >= 0.3 is 0 Å². The standard InChI is InChI=1S/C17H19NO3/c1-17(21,14-7-3-2-4-8-14)11-16(20)18-15-9-5-6-13(10-15)12-19/h2-10,19,21H,11-12H2,1H3,(H,18,20). The van der Waals surface area contributed by atoms with Crippen LogP contribution < -0.4 is 5.32 Å². The van der Waals surface area contributed by atoms with Crippen molar-refractivity contribution in [2.75, 3.05) is 5.32 Å². The topological polar surface area (TPSA) is 69.6 Å². The highest BCUT2D eigenvalue weighted by Gasteiger charge is 2.26. The molecule has 4 heteroatoms. The molecule has 0 saturated heterocycles. The van der Waals surface area contributed by atoms with E-state index < -0.39 is 5.60 Å². The summed E-state index contributed by atoms with van der Waals surface area (Å²) in [7, 11) is 0. The second kappa shape index (κ2) is 6.52. The van der Waals surface area contributed by atoms with E-state index >= 15 is 0 Å². The van der Waals surface area contributed by atoms with Gasteiger partial charge < -0.3 is 15.5 Å². The number of hydrogen-bond donors (Lipinski definition) is 3. The lowest BCUT2D eigenvalue weighted by Crippen LogP contribution is -2.28. The fourth-order valence-electron chi connectivity index (χ4n) is 2.16. The Morgan fingerprint density at radius 3 is 2.52 bits per heavy atom. The Bertz CT molecular complexity index is 608. The molecule has 0 saturated carbocycles. The largest absolute Gasteiger partial charge is 0.392 e. The van der Waals surface area contributed by atoms with Crippen LogP contribution in [0, 0.1) is 0 Å². The highest BCUT2D eigenvalue weighted by atomic mass is 16.3. The summed E-state index contributed by atoms with van der Waals surface area (Å²) in [5.41, 5.74) is 0.808. The smallest absolute Gasteiger partial charge is 0.227 e. The van der Waals surface area contributed by atoms with Gasteiger partial charge in [-0.3, -0.25) is 4.79 Å². The van der Waals surface area contributed by atoms with Crippen LogP contribution in [0.3, 0.4) is 0 Å². The molecule has 21 heavy (non-hydrogen) atoms. The Hall–Kier alpha value is -2.17. The molecule has 0 spiro atoms. The Labute approximate surface area is 124 Å². The first-order valence-electron chi connectivity index (χ1n) is 6.79. The number of nitrogens with one attached hydrogen (secondary N) is 1. The molecule has 1 amide bonds. The van der Waals surface area contributed by atoms with Gasteiger partial charge in [0.15, 0.2) is 0 Å². The van der Waals surface area contributed by atoms with E-state index in [1.165, 1.54) is 0 Å². The molecule has 0 bridgehead atoms. The van der Waals surface area contributed by atoms with Crippen molar-refractivity contribution in [2.24, 2.45) is 0 Å². The van der Waals surface area contributed by atoms with E-state index in [9.17, 15) is 9.90 Å². The van der Waals surface area contributed by atoms with Crippen molar-refractivity contribution in [1.82, 2.24) is 0 Å². The van der Waals surface area contributed by atoms with Crippen LogP contribution in [0.4, 0.5) is 5.69 Å². The van der Waals surface area contributed by atoms with Crippen molar-refractivity contribution in [3.05, 3.63) is 65.7 Å². The monoisotopic (exact) mass is 285 g/mol. The lowest BCUT2D eigenvalue weighted by Gasteiger charge is -2.23. The molecule has 4 nitrogen and oxygen atoms in total. The van der Waals surface area contributed by atoms with Crippen molar-refractivity contribution < 1.29 is 15.0 Å². The summed E-state index contributed by atoms with van der Waals surface area (Å²) < 4.78 is 0. The normalized spacial score (nSPS) is 13.5. The van der Waals surface area contributed by atoms with Crippen molar-refractivity contribution >= 4 is 11.6 Å². The number of carbonyl (C=O) groups excluding carboxylic acids is 1. The van der Waals surface area contributed by atoms with Crippen LogP contribution in [0.1, 0.15) is 24.5 Å². The van der Waals surface area contributed by atoms with Crippen LogP contribution in [-0.2, 0) is 17.0 Å². The first-order valence-corrected chi connectivity index (χ1v) is 6.79. The summed E-state index contributed by atoms with van der Waals surface area (Å²) in [5.74, 6) is -0.279. The second-order valence-corrected chi connectivity index (χ2v) is 5.22. The number of carbonyl (C=O) groups is 1. The molecule has 0 heterocycles. The van der Waals surface area contributed by atoms with Gasteiger partial charge in [-0.05, 0) is 30.2 Å². The third kappa shape index (κ3) is 4.15. The maximum Gasteiger partial charge on any atom is 0.227 e. The highest BCUT2D eigenvalue weighted by molar-refractivity contribution is 5.91. The SMILES string of the molecule is CC(O)(CC(=O)Nc1cccc(CO)c1)c1ccccc1. The zero-order valence-electron chi connectivity index (χ0n) is 11.9. The highest BCUT2D eigenvalue weighted by Crippen LogP contribution is 2.24. The van der Waals surface area contributed by atoms with Gasteiger partial charge in [-0.25, -0.2) is 0 Å². The summed E-state index contributed by atoms with van der Waals surface area (Å²) in [6.07, 6.45) is -0.0413. The van der Waals surface area contributed by atoms with Gasteiger partial charge in [0.25, 0.3) is 0 Å². The third-order valence-electron chi connectivity index (χ3n) is 3.29. The molecule has 0 aromatic heterocycles. The molecule has 0 aliphatic carbocycles. The van der Waals surface area contributed by atoms with Gasteiger partial charge in [0.05, 0.1) is 18.6 Å². The quantitative estimate of drug-likeness (QED) is 0.790. The van der Waals surface area contributed by atoms with Crippen LogP contribution in [-0.4, -0.2) is 16.1 Å². The fraction of sp³-hybridized carbons (Fsp3) is 0.235. The van der Waals surface area contributed by atoms with Crippen molar-refractivity contribution in [3.63, 3.8) is 0 Å². The zero-order chi connectivity index (χ0) is 15.3. The maximum atomic E-state index is 12.1. The summed E-state index contributed by atoms with van der Waals surface area (Å²) >= 11 is 0. The Morgan fingerprint density at radius 1 is 1.14 bits per heavy atom. The minimum atomic E-state index is -1.22. The van der Waals surface area contributed by atoms with E-state index in [1.807, 2.05) is 18.2 Å². The molecule has 1 atom stereocenters. The third-order valence-corrected chi connectivity index (χ3v) is 3.29. The van der Waals surface area contributed by atoms with Crippen LogP contribution in [0.2, 0.25) is 0 Å². The van der Waals surface area contributed by atoms with E-state index in [0.717, 1.165) is 5.56 Å². The van der Waals surface area contributed by atoms with Crippen LogP contribution in [0.25, 0.3) is 0 Å². The predicted octanol–water partition coefficient (Wildman–Crippen LogP) is 2.42. The molecule has 0 aliphatic heterocycles. The fourth-order valence-corrected chi connectivity index (χ4v) is 2.16. The van der Waals surface area contributed by atoms with Gasteiger partial charge in [-0.15, -0.1) is 0 Å². The van der Waals surface area contributed by atoms with Gasteiger partial charge in [0, 0.05) is 5.69 Å². The van der Waals surface area contributed by atoms with Crippen LogP contribution >= 0.6 is 0 Å². The van der Waals surface area contributed by atoms with E-state index in [-0.39, 0.29) is 18.9 Å². The maximum absolute atomic E-state index is 12.1. The lowest BCUT2D eigenvalue weighted by atomic mass is 9.92. The number of benzene rings is 2. The minimum Gasteiger partial charge on any atom is -0.392 e. The lowest BCUT2D eigenvalue weighted by molar-refractivity contribution is -0.120. The molecule has 2 aromatic carbocycles. The van der Waals surface area contributed by atoms with Gasteiger partial charge in [0.2, 0.25) is 5.91 Å². The first kappa shape index (κ1) is 15.2. The van der Waals surface area contributed by atoms with Crippen molar-refractivity contribution in [2.45, 2.75) is 25.6 Å². The van der Waals surface area contributed by atoms with E-state index in [4.69, 9.17) is 5.11 Å². The van der Waals surface area contributed by atoms with Gasteiger partial charge in [0.1, 0.15) is 0 Å².